The van der Waals surface area contributed by atoms with Crippen LogP contribution in [-0.4, -0.2) is 29.4 Å². The molecule has 1 saturated carbocycles. The Balaban J connectivity index is 2.53. The van der Waals surface area contributed by atoms with Crippen molar-refractivity contribution >= 4 is 17.6 Å². The van der Waals surface area contributed by atoms with E-state index < -0.39 is 6.03 Å². The van der Waals surface area contributed by atoms with Gasteiger partial charge in [-0.15, -0.1) is 16.5 Å². The second-order valence-corrected chi connectivity index (χ2v) is 4.06. The summed E-state index contributed by atoms with van der Waals surface area (Å²) in [4.78, 5) is 23.1. The van der Waals surface area contributed by atoms with Crippen LogP contribution in [0.4, 0.5) is 4.79 Å². The fourth-order valence-corrected chi connectivity index (χ4v) is 2.22. The maximum Gasteiger partial charge on any atom is 0.340 e. The minimum Gasteiger partial charge on any atom is -0.319 e. The van der Waals surface area contributed by atoms with Gasteiger partial charge in [0.2, 0.25) is 0 Å². The number of halogens is 1. The van der Waals surface area contributed by atoms with E-state index in [1.54, 1.807) is 4.90 Å². The second kappa shape index (κ2) is 6.61. The topological polar surface area (TPSA) is 61.8 Å². The van der Waals surface area contributed by atoms with Gasteiger partial charge in [-0.3, -0.25) is 0 Å². The molecular formula is C9H16ClN3O2. The summed E-state index contributed by atoms with van der Waals surface area (Å²) in [6.45, 7) is 0.466. The maximum absolute atomic E-state index is 11.5. The van der Waals surface area contributed by atoms with Crippen molar-refractivity contribution in [2.24, 2.45) is 5.29 Å². The van der Waals surface area contributed by atoms with Crippen molar-refractivity contribution in [1.82, 2.24) is 10.3 Å². The van der Waals surface area contributed by atoms with E-state index in [0.29, 0.717) is 12.4 Å². The molecule has 0 aromatic carbocycles. The first-order valence-corrected chi connectivity index (χ1v) is 5.78. The van der Waals surface area contributed by atoms with E-state index in [-0.39, 0.29) is 6.04 Å². The van der Waals surface area contributed by atoms with E-state index in [1.165, 1.54) is 6.42 Å². The molecule has 0 aliphatic heterocycles. The largest absolute Gasteiger partial charge is 0.340 e. The Hall–Kier alpha value is -0.840. The number of nitroso groups, excluding NO2 is 1. The predicted molar refractivity (Wildman–Crippen MR) is 58.6 cm³/mol. The fourth-order valence-electron chi connectivity index (χ4n) is 2.04. The van der Waals surface area contributed by atoms with Crippen molar-refractivity contribution in [2.45, 2.75) is 38.1 Å². The molecule has 15 heavy (non-hydrogen) atoms. The van der Waals surface area contributed by atoms with Crippen LogP contribution in [0.1, 0.15) is 32.1 Å². The van der Waals surface area contributed by atoms with E-state index in [4.69, 9.17) is 11.6 Å². The minimum atomic E-state index is -0.433. The van der Waals surface area contributed by atoms with Crippen LogP contribution in [0.15, 0.2) is 5.29 Å². The predicted octanol–water partition coefficient (Wildman–Crippen LogP) is 2.25. The Kier molecular flexibility index (Phi) is 5.39. The van der Waals surface area contributed by atoms with Crippen molar-refractivity contribution in [3.05, 3.63) is 4.91 Å². The quantitative estimate of drug-likeness (QED) is 0.460. The third-order valence-corrected chi connectivity index (χ3v) is 2.91. The number of rotatable bonds is 4. The number of nitrogens with zero attached hydrogens (tertiary/aromatic N) is 2. The van der Waals surface area contributed by atoms with Crippen molar-refractivity contribution in [1.29, 1.82) is 0 Å². The zero-order valence-corrected chi connectivity index (χ0v) is 9.37. The SMILES string of the molecule is O=NNC(=O)N(CCCl)C1CCCCC1. The van der Waals surface area contributed by atoms with Gasteiger partial charge in [-0.2, -0.15) is 5.43 Å². The summed E-state index contributed by atoms with van der Waals surface area (Å²) in [5, 5.41) is 2.40. The first-order valence-electron chi connectivity index (χ1n) is 5.24. The van der Waals surface area contributed by atoms with E-state index in [0.717, 1.165) is 25.7 Å². The highest BCUT2D eigenvalue weighted by Gasteiger charge is 2.24. The molecule has 0 bridgehead atoms. The Morgan fingerprint density at radius 2 is 2.07 bits per heavy atom. The maximum atomic E-state index is 11.5. The molecule has 0 aromatic rings. The van der Waals surface area contributed by atoms with Gasteiger partial charge in [0.05, 0.1) is 5.29 Å². The van der Waals surface area contributed by atoms with Crippen LogP contribution in [-0.2, 0) is 0 Å². The number of carbonyl (C=O) groups excluding carboxylic acids is 1. The van der Waals surface area contributed by atoms with Gasteiger partial charge in [0.25, 0.3) is 0 Å². The van der Waals surface area contributed by atoms with E-state index in [9.17, 15) is 9.70 Å². The lowest BCUT2D eigenvalue weighted by Gasteiger charge is -2.32. The van der Waals surface area contributed by atoms with Gasteiger partial charge in [0.1, 0.15) is 0 Å². The van der Waals surface area contributed by atoms with Crippen molar-refractivity contribution in [3.63, 3.8) is 0 Å². The van der Waals surface area contributed by atoms with E-state index in [1.807, 2.05) is 5.43 Å². The molecule has 0 radical (unpaired) electrons. The number of hydrogen-bond donors (Lipinski definition) is 1. The lowest BCUT2D eigenvalue weighted by Crippen LogP contribution is -2.46. The molecular weight excluding hydrogens is 218 g/mol. The molecule has 5 nitrogen and oxygen atoms in total. The van der Waals surface area contributed by atoms with Gasteiger partial charge in [0.15, 0.2) is 0 Å². The van der Waals surface area contributed by atoms with Crippen LogP contribution in [0, 0.1) is 4.91 Å². The highest BCUT2D eigenvalue weighted by atomic mass is 35.5. The summed E-state index contributed by atoms with van der Waals surface area (Å²) in [6.07, 6.45) is 5.46. The van der Waals surface area contributed by atoms with Crippen molar-refractivity contribution < 1.29 is 4.79 Å². The highest BCUT2D eigenvalue weighted by Crippen LogP contribution is 2.22. The molecule has 0 spiro atoms. The first kappa shape index (κ1) is 12.2. The summed E-state index contributed by atoms with van der Waals surface area (Å²) < 4.78 is 0. The zero-order valence-electron chi connectivity index (χ0n) is 8.62. The average Bonchev–Trinajstić information content (AvgIpc) is 2.27. The Labute approximate surface area is 94.1 Å². The molecule has 1 aliphatic rings. The fraction of sp³-hybridized carbons (Fsp3) is 0.889. The molecule has 0 aromatic heterocycles. The minimum absolute atomic E-state index is 0.208. The molecule has 86 valence electrons. The van der Waals surface area contributed by atoms with Gasteiger partial charge in [0, 0.05) is 18.5 Å². The van der Waals surface area contributed by atoms with Gasteiger partial charge in [-0.25, -0.2) is 4.79 Å². The molecule has 1 N–H and O–H groups in total. The molecule has 1 rings (SSSR count). The van der Waals surface area contributed by atoms with Gasteiger partial charge >= 0.3 is 6.03 Å². The molecule has 6 heteroatoms. The summed E-state index contributed by atoms with van der Waals surface area (Å²) in [6, 6.07) is -0.225. The summed E-state index contributed by atoms with van der Waals surface area (Å²) in [5.74, 6) is 0.378. The second-order valence-electron chi connectivity index (χ2n) is 3.68. The lowest BCUT2D eigenvalue weighted by molar-refractivity contribution is 0.160. The van der Waals surface area contributed by atoms with Gasteiger partial charge < -0.3 is 4.90 Å². The Morgan fingerprint density at radius 3 is 2.60 bits per heavy atom. The average molecular weight is 234 g/mol. The Morgan fingerprint density at radius 1 is 1.40 bits per heavy atom. The zero-order chi connectivity index (χ0) is 11.1. The molecule has 0 atom stereocenters. The molecule has 2 amide bonds. The van der Waals surface area contributed by atoms with E-state index in [2.05, 4.69) is 5.29 Å². The van der Waals surface area contributed by atoms with Crippen LogP contribution in [0.5, 0.6) is 0 Å². The molecule has 0 saturated heterocycles. The Bertz CT molecular complexity index is 219. The van der Waals surface area contributed by atoms with Crippen LogP contribution >= 0.6 is 11.6 Å². The number of hydrogen-bond acceptors (Lipinski definition) is 3. The van der Waals surface area contributed by atoms with Crippen LogP contribution in [0.2, 0.25) is 0 Å². The number of urea groups is 1. The summed E-state index contributed by atoms with van der Waals surface area (Å²) in [7, 11) is 0. The van der Waals surface area contributed by atoms with Crippen LogP contribution in [0.3, 0.4) is 0 Å². The molecule has 0 unspecified atom stereocenters. The van der Waals surface area contributed by atoms with E-state index >= 15 is 0 Å². The molecule has 1 fully saturated rings. The van der Waals surface area contributed by atoms with Crippen molar-refractivity contribution in [2.75, 3.05) is 12.4 Å². The third kappa shape index (κ3) is 3.66. The lowest BCUT2D eigenvalue weighted by atomic mass is 9.94. The van der Waals surface area contributed by atoms with Gasteiger partial charge in [-0.1, -0.05) is 19.3 Å². The standard InChI is InChI=1S/C9H16ClN3O2/c10-6-7-13(9(14)11-12-15)8-4-2-1-3-5-8/h8H,1-7H2,(H,11,14,15). The van der Waals surface area contributed by atoms with Gasteiger partial charge in [-0.05, 0) is 12.8 Å². The first-order chi connectivity index (χ1) is 7.29. The van der Waals surface area contributed by atoms with Crippen molar-refractivity contribution in [3.8, 4) is 0 Å². The summed E-state index contributed by atoms with van der Waals surface area (Å²) >= 11 is 5.63. The smallest absolute Gasteiger partial charge is 0.319 e. The molecule has 1 aliphatic carbocycles. The van der Waals surface area contributed by atoms with Crippen LogP contribution < -0.4 is 5.43 Å². The third-order valence-electron chi connectivity index (χ3n) is 2.74. The highest BCUT2D eigenvalue weighted by molar-refractivity contribution is 6.18. The normalized spacial score (nSPS) is 17.1. The monoisotopic (exact) mass is 233 g/mol. The van der Waals surface area contributed by atoms with Crippen LogP contribution in [0.25, 0.3) is 0 Å². The number of amides is 2. The molecule has 0 heterocycles. The number of nitrogens with one attached hydrogen (secondary N) is 1. The number of carbonyl (C=O) groups is 1. The summed E-state index contributed by atoms with van der Waals surface area (Å²) in [5.41, 5.74) is 1.93. The number of alkyl halides is 1.